The van der Waals surface area contributed by atoms with Crippen LogP contribution in [0.5, 0.6) is 5.75 Å². The quantitative estimate of drug-likeness (QED) is 0.234. The third kappa shape index (κ3) is 7.70. The van der Waals surface area contributed by atoms with Gasteiger partial charge in [-0.1, -0.05) is 25.5 Å². The maximum absolute atomic E-state index is 5.95. The Labute approximate surface area is 175 Å². The number of hydrogen-bond acceptors (Lipinski definition) is 3. The summed E-state index contributed by atoms with van der Waals surface area (Å²) in [5.41, 5.74) is 2.35. The molecule has 1 aromatic carbocycles. The van der Waals surface area contributed by atoms with E-state index in [1.807, 2.05) is 7.05 Å². The van der Waals surface area contributed by atoms with Gasteiger partial charge in [-0.15, -0.1) is 24.0 Å². The molecule has 6 heteroatoms. The molecule has 0 spiro atoms. The number of ether oxygens (including phenoxy) is 2. The smallest absolute Gasteiger partial charge is 0.191 e. The van der Waals surface area contributed by atoms with Gasteiger partial charge in [-0.05, 0) is 37.3 Å². The van der Waals surface area contributed by atoms with Gasteiger partial charge in [0.15, 0.2) is 5.96 Å². The molecule has 2 N–H and O–H groups in total. The predicted octanol–water partition coefficient (Wildman–Crippen LogP) is 3.88. The highest BCUT2D eigenvalue weighted by atomic mass is 127. The lowest BCUT2D eigenvalue weighted by Crippen LogP contribution is -2.38. The molecule has 1 saturated carbocycles. The van der Waals surface area contributed by atoms with Gasteiger partial charge in [-0.25, -0.2) is 0 Å². The molecule has 26 heavy (non-hydrogen) atoms. The van der Waals surface area contributed by atoms with E-state index in [0.717, 1.165) is 36.2 Å². The fourth-order valence-electron chi connectivity index (χ4n) is 2.99. The number of hydrogen-bond donors (Lipinski definition) is 2. The van der Waals surface area contributed by atoms with E-state index in [1.54, 1.807) is 7.11 Å². The molecule has 2 rings (SSSR count). The molecule has 1 aliphatic carbocycles. The van der Waals surface area contributed by atoms with Crippen LogP contribution in [0.15, 0.2) is 23.2 Å². The summed E-state index contributed by atoms with van der Waals surface area (Å²) in [6.07, 6.45) is 4.70. The van der Waals surface area contributed by atoms with Crippen LogP contribution in [0.4, 0.5) is 0 Å². The van der Waals surface area contributed by atoms with E-state index in [9.17, 15) is 0 Å². The summed E-state index contributed by atoms with van der Waals surface area (Å²) < 4.78 is 11.0. The van der Waals surface area contributed by atoms with Crippen molar-refractivity contribution in [3.8, 4) is 5.75 Å². The van der Waals surface area contributed by atoms with Crippen LogP contribution in [-0.4, -0.2) is 39.4 Å². The first-order valence-electron chi connectivity index (χ1n) is 9.36. The minimum absolute atomic E-state index is 0. The summed E-state index contributed by atoms with van der Waals surface area (Å²) in [5, 5.41) is 6.93. The van der Waals surface area contributed by atoms with E-state index in [2.05, 4.69) is 47.7 Å². The molecule has 148 valence electrons. The van der Waals surface area contributed by atoms with E-state index in [4.69, 9.17) is 9.47 Å². The molecular weight excluding hydrogens is 441 g/mol. The SMILES string of the molecule is CCCC1CC1NC(=NC)NCc1ccc(C)cc1OCCCOC.I. The average Bonchev–Trinajstić information content (AvgIpc) is 3.34. The zero-order valence-electron chi connectivity index (χ0n) is 16.5. The molecule has 0 aliphatic heterocycles. The lowest BCUT2D eigenvalue weighted by Gasteiger charge is -2.15. The summed E-state index contributed by atoms with van der Waals surface area (Å²) in [7, 11) is 3.54. The van der Waals surface area contributed by atoms with Gasteiger partial charge in [-0.2, -0.15) is 0 Å². The fraction of sp³-hybridized carbons (Fsp3) is 0.650. The summed E-state index contributed by atoms with van der Waals surface area (Å²) in [6.45, 7) is 6.41. The van der Waals surface area contributed by atoms with Crippen LogP contribution >= 0.6 is 24.0 Å². The number of halogens is 1. The molecular formula is C20H34IN3O2. The Balaban J connectivity index is 0.00000338. The van der Waals surface area contributed by atoms with Crippen LogP contribution in [0.3, 0.4) is 0 Å². The first-order valence-corrected chi connectivity index (χ1v) is 9.36. The topological polar surface area (TPSA) is 54.9 Å². The molecule has 0 bridgehead atoms. The van der Waals surface area contributed by atoms with Gasteiger partial charge < -0.3 is 20.1 Å². The van der Waals surface area contributed by atoms with Gasteiger partial charge in [0.05, 0.1) is 6.61 Å². The Morgan fingerprint density at radius 3 is 2.81 bits per heavy atom. The number of rotatable bonds is 10. The van der Waals surface area contributed by atoms with Crippen LogP contribution in [-0.2, 0) is 11.3 Å². The number of guanidine groups is 1. The highest BCUT2D eigenvalue weighted by Gasteiger charge is 2.36. The zero-order valence-corrected chi connectivity index (χ0v) is 18.8. The van der Waals surface area contributed by atoms with Gasteiger partial charge in [0.2, 0.25) is 0 Å². The van der Waals surface area contributed by atoms with Crippen LogP contribution in [0.1, 0.15) is 43.7 Å². The first-order chi connectivity index (χ1) is 12.2. The molecule has 1 aliphatic rings. The summed E-state index contributed by atoms with van der Waals surface area (Å²) >= 11 is 0. The second kappa shape index (κ2) is 12.4. The van der Waals surface area contributed by atoms with Gasteiger partial charge >= 0.3 is 0 Å². The molecule has 0 heterocycles. The number of methoxy groups -OCH3 is 1. The molecule has 2 atom stereocenters. The predicted molar refractivity (Wildman–Crippen MR) is 119 cm³/mol. The minimum atomic E-state index is 0. The van der Waals surface area contributed by atoms with Crippen molar-refractivity contribution < 1.29 is 9.47 Å². The van der Waals surface area contributed by atoms with Crippen molar-refractivity contribution in [2.24, 2.45) is 10.9 Å². The van der Waals surface area contributed by atoms with Gasteiger partial charge in [0, 0.05) is 45.3 Å². The number of aliphatic imine (C=N–C) groups is 1. The summed E-state index contributed by atoms with van der Waals surface area (Å²) in [4.78, 5) is 4.35. The Morgan fingerprint density at radius 2 is 2.12 bits per heavy atom. The Hall–Kier alpha value is -1.02. The third-order valence-corrected chi connectivity index (χ3v) is 4.55. The van der Waals surface area contributed by atoms with Crippen LogP contribution in [0.25, 0.3) is 0 Å². The van der Waals surface area contributed by atoms with E-state index in [-0.39, 0.29) is 24.0 Å². The van der Waals surface area contributed by atoms with Gasteiger partial charge in [0.1, 0.15) is 5.75 Å². The Bertz CT molecular complexity index is 566. The first kappa shape index (κ1) is 23.0. The Kier molecular flexibility index (Phi) is 11.0. The van der Waals surface area contributed by atoms with Crippen molar-refractivity contribution in [2.75, 3.05) is 27.4 Å². The highest BCUT2D eigenvalue weighted by Crippen LogP contribution is 2.34. The van der Waals surface area contributed by atoms with Crippen molar-refractivity contribution >= 4 is 29.9 Å². The molecule has 1 fully saturated rings. The molecule has 1 aromatic rings. The number of nitrogens with one attached hydrogen (secondary N) is 2. The largest absolute Gasteiger partial charge is 0.493 e. The normalized spacial score (nSPS) is 18.8. The van der Waals surface area contributed by atoms with Crippen molar-refractivity contribution in [1.29, 1.82) is 0 Å². The van der Waals surface area contributed by atoms with E-state index in [0.29, 0.717) is 19.2 Å². The number of benzene rings is 1. The van der Waals surface area contributed by atoms with Crippen molar-refractivity contribution in [1.82, 2.24) is 10.6 Å². The van der Waals surface area contributed by atoms with Crippen molar-refractivity contribution in [3.05, 3.63) is 29.3 Å². The summed E-state index contributed by atoms with van der Waals surface area (Å²) in [5.74, 6) is 2.62. The fourth-order valence-corrected chi connectivity index (χ4v) is 2.99. The maximum atomic E-state index is 5.95. The monoisotopic (exact) mass is 475 g/mol. The zero-order chi connectivity index (χ0) is 18.1. The number of aryl methyl sites for hydroxylation is 1. The maximum Gasteiger partial charge on any atom is 0.191 e. The van der Waals surface area contributed by atoms with E-state index >= 15 is 0 Å². The third-order valence-electron chi connectivity index (χ3n) is 4.55. The molecule has 2 unspecified atom stereocenters. The lowest BCUT2D eigenvalue weighted by molar-refractivity contribution is 0.172. The van der Waals surface area contributed by atoms with Crippen LogP contribution in [0, 0.1) is 12.8 Å². The van der Waals surface area contributed by atoms with E-state index in [1.165, 1.54) is 24.8 Å². The van der Waals surface area contributed by atoms with Crippen molar-refractivity contribution in [2.45, 2.75) is 52.1 Å². The molecule has 0 aromatic heterocycles. The molecule has 0 saturated heterocycles. The molecule has 5 nitrogen and oxygen atoms in total. The highest BCUT2D eigenvalue weighted by molar-refractivity contribution is 14.0. The second-order valence-electron chi connectivity index (χ2n) is 6.77. The van der Waals surface area contributed by atoms with Crippen molar-refractivity contribution in [3.63, 3.8) is 0 Å². The number of nitrogens with zero attached hydrogens (tertiary/aromatic N) is 1. The second-order valence-corrected chi connectivity index (χ2v) is 6.77. The standard InChI is InChI=1S/C20H33N3O2.HI/c1-5-7-16-13-18(16)23-20(21-3)22-14-17-9-8-15(2)12-19(17)25-11-6-10-24-4;/h8-9,12,16,18H,5-7,10-11,13-14H2,1-4H3,(H2,21,22,23);1H. The van der Waals surface area contributed by atoms with Gasteiger partial charge in [-0.3, -0.25) is 4.99 Å². The van der Waals surface area contributed by atoms with Gasteiger partial charge in [0.25, 0.3) is 0 Å². The lowest BCUT2D eigenvalue weighted by atomic mass is 10.1. The average molecular weight is 475 g/mol. The van der Waals surface area contributed by atoms with E-state index < -0.39 is 0 Å². The van der Waals surface area contributed by atoms with Crippen LogP contribution < -0.4 is 15.4 Å². The minimum Gasteiger partial charge on any atom is -0.493 e. The van der Waals surface area contributed by atoms with Crippen LogP contribution in [0.2, 0.25) is 0 Å². The summed E-state index contributed by atoms with van der Waals surface area (Å²) in [6, 6.07) is 6.91. The molecule has 0 radical (unpaired) electrons. The molecule has 0 amide bonds. The Morgan fingerprint density at radius 1 is 1.31 bits per heavy atom.